The topological polar surface area (TPSA) is 71.0 Å². The predicted molar refractivity (Wildman–Crippen MR) is 107 cm³/mol. The van der Waals surface area contributed by atoms with Gasteiger partial charge in [0.05, 0.1) is 37.9 Å². The summed E-state index contributed by atoms with van der Waals surface area (Å²) in [6, 6.07) is 0.294. The second-order valence-electron chi connectivity index (χ2n) is 9.54. The van der Waals surface area contributed by atoms with Crippen LogP contribution in [0, 0.1) is 11.8 Å². The number of rotatable bonds is 6. The highest BCUT2D eigenvalue weighted by Crippen LogP contribution is 2.31. The summed E-state index contributed by atoms with van der Waals surface area (Å²) in [5, 5.41) is 13.4. The number of hydrogen-bond acceptors (Lipinski definition) is 5. The molecule has 2 aliphatic heterocycles. The van der Waals surface area contributed by atoms with E-state index in [9.17, 15) is 9.90 Å². The molecule has 0 aromatic carbocycles. The summed E-state index contributed by atoms with van der Waals surface area (Å²) in [7, 11) is 0. The zero-order chi connectivity index (χ0) is 19.3. The van der Waals surface area contributed by atoms with Crippen molar-refractivity contribution >= 4 is 5.91 Å². The van der Waals surface area contributed by atoms with Gasteiger partial charge in [0, 0.05) is 25.7 Å². The van der Waals surface area contributed by atoms with Crippen molar-refractivity contribution in [1.82, 2.24) is 10.2 Å². The summed E-state index contributed by atoms with van der Waals surface area (Å²) < 4.78 is 12.1. The van der Waals surface area contributed by atoms with Gasteiger partial charge in [0.25, 0.3) is 0 Å². The Bertz CT molecular complexity index is 507. The van der Waals surface area contributed by atoms with Crippen LogP contribution in [0.25, 0.3) is 0 Å². The zero-order valence-corrected chi connectivity index (χ0v) is 17.2. The quantitative estimate of drug-likeness (QED) is 0.722. The molecule has 0 unspecified atom stereocenters. The highest BCUT2D eigenvalue weighted by Gasteiger charge is 2.38. The van der Waals surface area contributed by atoms with Crippen molar-refractivity contribution in [2.45, 2.75) is 88.6 Å². The van der Waals surface area contributed by atoms with Gasteiger partial charge >= 0.3 is 0 Å². The second-order valence-corrected chi connectivity index (χ2v) is 9.54. The lowest BCUT2D eigenvalue weighted by Crippen LogP contribution is -2.56. The fraction of sp³-hybridized carbons (Fsp3) is 0.955. The maximum Gasteiger partial charge on any atom is 0.222 e. The first kappa shape index (κ1) is 20.6. The van der Waals surface area contributed by atoms with Crippen molar-refractivity contribution in [2.24, 2.45) is 11.8 Å². The van der Waals surface area contributed by atoms with Crippen molar-refractivity contribution < 1.29 is 19.4 Å². The maximum atomic E-state index is 12.2. The third-order valence-corrected chi connectivity index (χ3v) is 7.00. The molecule has 4 atom stereocenters. The van der Waals surface area contributed by atoms with E-state index in [-0.39, 0.29) is 18.1 Å². The van der Waals surface area contributed by atoms with Crippen molar-refractivity contribution in [1.29, 1.82) is 0 Å². The fourth-order valence-corrected chi connectivity index (χ4v) is 5.22. The van der Waals surface area contributed by atoms with Crippen molar-refractivity contribution in [3.8, 4) is 0 Å². The predicted octanol–water partition coefficient (Wildman–Crippen LogP) is 2.09. The molecule has 2 N–H and O–H groups in total. The monoisotopic (exact) mass is 394 g/mol. The average Bonchev–Trinajstić information content (AvgIpc) is 3.50. The van der Waals surface area contributed by atoms with E-state index in [4.69, 9.17) is 9.47 Å². The number of aliphatic hydroxyl groups excluding tert-OH is 1. The summed E-state index contributed by atoms with van der Waals surface area (Å²) in [5.41, 5.74) is 0. The minimum atomic E-state index is -0.421. The van der Waals surface area contributed by atoms with Gasteiger partial charge in [-0.3, -0.25) is 9.69 Å². The summed E-state index contributed by atoms with van der Waals surface area (Å²) in [5.74, 6) is 1.57. The minimum Gasteiger partial charge on any atom is -0.389 e. The number of aliphatic hydroxyl groups is 1. The summed E-state index contributed by atoms with van der Waals surface area (Å²) in [4.78, 5) is 14.7. The van der Waals surface area contributed by atoms with Crippen LogP contribution in [0.5, 0.6) is 0 Å². The zero-order valence-electron chi connectivity index (χ0n) is 17.2. The Hall–Kier alpha value is -0.690. The Morgan fingerprint density at radius 3 is 2.61 bits per heavy atom. The Morgan fingerprint density at radius 2 is 1.82 bits per heavy atom. The van der Waals surface area contributed by atoms with Crippen LogP contribution in [-0.2, 0) is 14.3 Å². The Morgan fingerprint density at radius 1 is 1.00 bits per heavy atom. The van der Waals surface area contributed by atoms with Gasteiger partial charge in [-0.1, -0.05) is 19.3 Å². The molecular weight excluding hydrogens is 356 g/mol. The van der Waals surface area contributed by atoms with Gasteiger partial charge in [-0.15, -0.1) is 0 Å². The molecule has 0 bridgehead atoms. The molecule has 4 rings (SSSR count). The Balaban J connectivity index is 1.32. The maximum absolute atomic E-state index is 12.2. The number of hydrogen-bond donors (Lipinski definition) is 2. The standard InChI is InChI=1S/C22H38N2O4/c25-18-13-24(12-17-4-2-1-3-5-17)20-9-8-19(28-21(20)15-27-14-18)10-22(26)23-11-16-6-7-16/h16-21,25H,1-15H2,(H,23,26)/t18-,19+,20+,21-/m0/s1. The van der Waals surface area contributed by atoms with Gasteiger partial charge < -0.3 is 19.9 Å². The lowest BCUT2D eigenvalue weighted by molar-refractivity contribution is -0.158. The second kappa shape index (κ2) is 9.88. The van der Waals surface area contributed by atoms with Crippen LogP contribution in [0.2, 0.25) is 0 Å². The van der Waals surface area contributed by atoms with E-state index in [2.05, 4.69) is 10.2 Å². The smallest absolute Gasteiger partial charge is 0.222 e. The van der Waals surface area contributed by atoms with Gasteiger partial charge in [0.1, 0.15) is 0 Å². The molecule has 4 fully saturated rings. The number of carbonyl (C=O) groups is 1. The van der Waals surface area contributed by atoms with Crippen LogP contribution < -0.4 is 5.32 Å². The highest BCUT2D eigenvalue weighted by atomic mass is 16.5. The molecule has 2 aliphatic carbocycles. The molecule has 0 radical (unpaired) electrons. The molecule has 0 aromatic heterocycles. The van der Waals surface area contributed by atoms with Crippen molar-refractivity contribution in [3.63, 3.8) is 0 Å². The highest BCUT2D eigenvalue weighted by molar-refractivity contribution is 5.76. The molecule has 160 valence electrons. The number of nitrogens with one attached hydrogen (secondary N) is 1. The van der Waals surface area contributed by atoms with Crippen LogP contribution in [0.3, 0.4) is 0 Å². The summed E-state index contributed by atoms with van der Waals surface area (Å²) in [6.45, 7) is 3.46. The number of nitrogens with zero attached hydrogens (tertiary/aromatic N) is 1. The number of amides is 1. The first-order valence-electron chi connectivity index (χ1n) is 11.6. The largest absolute Gasteiger partial charge is 0.389 e. The van der Waals surface area contributed by atoms with E-state index in [0.717, 1.165) is 31.8 Å². The average molecular weight is 395 g/mol. The number of β-amino-alcohol motifs (C(OH)–C–C–N with tert-alkyl or cyclic N) is 1. The molecule has 1 amide bonds. The lowest BCUT2D eigenvalue weighted by atomic mass is 9.87. The third-order valence-electron chi connectivity index (χ3n) is 7.00. The van der Waals surface area contributed by atoms with Crippen LogP contribution in [-0.4, -0.2) is 73.1 Å². The Labute approximate surface area is 169 Å². The first-order valence-corrected chi connectivity index (χ1v) is 11.6. The molecule has 4 aliphatic rings. The molecule has 6 heteroatoms. The SMILES string of the molecule is O=C(C[C@H]1CC[C@@H]2[C@H](COC[C@@H](O)CN2CC2CCCCC2)O1)NCC1CC1. The van der Waals surface area contributed by atoms with Gasteiger partial charge in [-0.05, 0) is 50.4 Å². The van der Waals surface area contributed by atoms with Gasteiger partial charge in [0.15, 0.2) is 0 Å². The van der Waals surface area contributed by atoms with E-state index < -0.39 is 6.10 Å². The fourth-order valence-electron chi connectivity index (χ4n) is 5.22. The van der Waals surface area contributed by atoms with E-state index in [1.807, 2.05) is 0 Å². The molecule has 0 spiro atoms. The molecule has 2 saturated heterocycles. The minimum absolute atomic E-state index is 0.00562. The van der Waals surface area contributed by atoms with Crippen LogP contribution in [0.4, 0.5) is 0 Å². The third kappa shape index (κ3) is 5.91. The summed E-state index contributed by atoms with van der Waals surface area (Å²) in [6.07, 6.45) is 11.1. The molecule has 6 nitrogen and oxygen atoms in total. The van der Waals surface area contributed by atoms with Gasteiger partial charge in [-0.2, -0.15) is 0 Å². The van der Waals surface area contributed by atoms with Crippen LogP contribution in [0.15, 0.2) is 0 Å². The molecular formula is C22H38N2O4. The Kier molecular flexibility index (Phi) is 7.26. The molecule has 28 heavy (non-hydrogen) atoms. The lowest BCUT2D eigenvalue weighted by Gasteiger charge is -2.45. The van der Waals surface area contributed by atoms with Crippen LogP contribution in [0.1, 0.15) is 64.2 Å². The van der Waals surface area contributed by atoms with E-state index in [1.165, 1.54) is 44.9 Å². The van der Waals surface area contributed by atoms with E-state index in [0.29, 0.717) is 38.1 Å². The number of ether oxygens (including phenoxy) is 2. The molecule has 0 aromatic rings. The van der Waals surface area contributed by atoms with Gasteiger partial charge in [0.2, 0.25) is 5.91 Å². The number of fused-ring (bicyclic) bond motifs is 1. The molecule has 2 saturated carbocycles. The van der Waals surface area contributed by atoms with Gasteiger partial charge in [-0.25, -0.2) is 0 Å². The van der Waals surface area contributed by atoms with E-state index in [1.54, 1.807) is 0 Å². The first-order chi connectivity index (χ1) is 13.7. The molecule has 2 heterocycles. The van der Waals surface area contributed by atoms with Crippen molar-refractivity contribution in [2.75, 3.05) is 32.8 Å². The van der Waals surface area contributed by atoms with E-state index >= 15 is 0 Å². The summed E-state index contributed by atoms with van der Waals surface area (Å²) >= 11 is 0. The number of carbonyl (C=O) groups excluding carboxylic acids is 1. The van der Waals surface area contributed by atoms with Crippen LogP contribution >= 0.6 is 0 Å². The van der Waals surface area contributed by atoms with Crippen molar-refractivity contribution in [3.05, 3.63) is 0 Å². The normalized spacial score (nSPS) is 35.6.